The molecule has 4 aliphatic carbocycles. The number of hydrogen-bond acceptors (Lipinski definition) is 1. The van der Waals surface area contributed by atoms with Crippen LogP contribution in [-0.2, 0) is 5.41 Å². The quantitative estimate of drug-likeness (QED) is 0.176. The van der Waals surface area contributed by atoms with Crippen molar-refractivity contribution in [3.8, 4) is 16.8 Å². The molecule has 53 heavy (non-hydrogen) atoms. The fourth-order valence-corrected chi connectivity index (χ4v) is 10.3. The summed E-state index contributed by atoms with van der Waals surface area (Å²) in [6.07, 6.45) is 14.0. The third kappa shape index (κ3) is 3.77. The predicted molar refractivity (Wildman–Crippen MR) is 221 cm³/mol. The van der Waals surface area contributed by atoms with Gasteiger partial charge in [-0.25, -0.2) is 0 Å². The van der Waals surface area contributed by atoms with E-state index in [1.807, 2.05) is 0 Å². The highest BCUT2D eigenvalue weighted by atomic mass is 15.1. The molecule has 2 nitrogen and oxygen atoms in total. The van der Waals surface area contributed by atoms with Crippen molar-refractivity contribution in [1.29, 1.82) is 0 Å². The number of hydrogen-bond donors (Lipinski definition) is 0. The summed E-state index contributed by atoms with van der Waals surface area (Å²) in [5.74, 6) is 0.961. The Kier molecular flexibility index (Phi) is 5.85. The lowest BCUT2D eigenvalue weighted by atomic mass is 9.38. The van der Waals surface area contributed by atoms with E-state index >= 15 is 0 Å². The summed E-state index contributed by atoms with van der Waals surface area (Å²) in [4.78, 5) is 2.47. The van der Waals surface area contributed by atoms with E-state index in [1.165, 1.54) is 66.1 Å². The second kappa shape index (κ2) is 10.7. The van der Waals surface area contributed by atoms with Gasteiger partial charge in [0.05, 0.1) is 22.1 Å². The lowest BCUT2D eigenvalue weighted by Crippen LogP contribution is -2.59. The van der Waals surface area contributed by atoms with Gasteiger partial charge >= 0.3 is 0 Å². The molecule has 12 rings (SSSR count). The van der Waals surface area contributed by atoms with E-state index < -0.39 is 0 Å². The molecule has 0 saturated heterocycles. The summed E-state index contributed by atoms with van der Waals surface area (Å²) in [6.45, 7) is 0. The van der Waals surface area contributed by atoms with Crippen LogP contribution in [0.5, 0.6) is 0 Å². The average Bonchev–Trinajstić information content (AvgIpc) is 3.55. The van der Waals surface area contributed by atoms with Gasteiger partial charge in [-0.1, -0.05) is 146 Å². The Morgan fingerprint density at radius 2 is 1.25 bits per heavy atom. The Hall–Kier alpha value is -6.64. The number of benzene rings is 7. The smallest absolute Gasteiger partial charge is 0.0561 e. The Bertz CT molecular complexity index is 2930. The van der Waals surface area contributed by atoms with Crippen LogP contribution in [0.25, 0.3) is 49.4 Å². The average molecular weight is 675 g/mol. The number of rotatable bonds is 5. The number of para-hydroxylation sites is 2. The molecule has 0 bridgehead atoms. The van der Waals surface area contributed by atoms with Crippen LogP contribution < -0.4 is 4.90 Å². The van der Waals surface area contributed by atoms with Crippen molar-refractivity contribution >= 4 is 49.6 Å². The first-order valence-corrected chi connectivity index (χ1v) is 18.7. The van der Waals surface area contributed by atoms with E-state index in [-0.39, 0.29) is 5.41 Å². The van der Waals surface area contributed by atoms with E-state index in [1.54, 1.807) is 5.57 Å². The summed E-state index contributed by atoms with van der Waals surface area (Å²) < 4.78 is 2.41. The largest absolute Gasteiger partial charge is 0.310 e. The first-order valence-electron chi connectivity index (χ1n) is 18.7. The first-order chi connectivity index (χ1) is 26.3. The zero-order valence-corrected chi connectivity index (χ0v) is 29.0. The molecule has 0 amide bonds. The number of allylic oxidation sites excluding steroid dienone is 8. The molecule has 1 aromatic heterocycles. The second-order valence-corrected chi connectivity index (χ2v) is 14.8. The van der Waals surface area contributed by atoms with Crippen LogP contribution in [0.15, 0.2) is 205 Å². The summed E-state index contributed by atoms with van der Waals surface area (Å²) in [5, 5.41) is 5.22. The zero-order chi connectivity index (χ0) is 34.7. The van der Waals surface area contributed by atoms with Gasteiger partial charge in [-0.05, 0) is 87.3 Å². The van der Waals surface area contributed by atoms with Crippen LogP contribution >= 0.6 is 0 Å². The minimum Gasteiger partial charge on any atom is -0.310 e. The Morgan fingerprint density at radius 3 is 2.11 bits per heavy atom. The number of anilines is 3. The highest BCUT2D eigenvalue weighted by Crippen LogP contribution is 2.71. The van der Waals surface area contributed by atoms with Crippen LogP contribution in [0, 0.1) is 11.8 Å². The summed E-state index contributed by atoms with van der Waals surface area (Å²) in [6, 6.07) is 58.1. The van der Waals surface area contributed by atoms with Crippen LogP contribution in [0.1, 0.15) is 11.1 Å². The minimum atomic E-state index is -0.0312. The lowest BCUT2D eigenvalue weighted by molar-refractivity contribution is 0.233. The second-order valence-electron chi connectivity index (χ2n) is 14.8. The molecule has 0 aliphatic heterocycles. The molecule has 1 saturated carbocycles. The van der Waals surface area contributed by atoms with Gasteiger partial charge in [0.15, 0.2) is 0 Å². The highest BCUT2D eigenvalue weighted by molar-refractivity contribution is 6.12. The van der Waals surface area contributed by atoms with Gasteiger partial charge in [-0.2, -0.15) is 0 Å². The highest BCUT2D eigenvalue weighted by Gasteiger charge is 2.64. The molecule has 3 unspecified atom stereocenters. The third-order valence-electron chi connectivity index (χ3n) is 12.5. The molecule has 8 aromatic rings. The van der Waals surface area contributed by atoms with Crippen LogP contribution in [0.2, 0.25) is 0 Å². The molecular weight excluding hydrogens is 641 g/mol. The van der Waals surface area contributed by atoms with Crippen molar-refractivity contribution in [2.75, 3.05) is 4.90 Å². The molecule has 2 heteroatoms. The topological polar surface area (TPSA) is 8.17 Å². The van der Waals surface area contributed by atoms with E-state index in [4.69, 9.17) is 0 Å². The van der Waals surface area contributed by atoms with Gasteiger partial charge < -0.3 is 9.47 Å². The molecule has 0 N–H and O–H groups in total. The van der Waals surface area contributed by atoms with Crippen molar-refractivity contribution < 1.29 is 0 Å². The summed E-state index contributed by atoms with van der Waals surface area (Å²) in [5.41, 5.74) is 15.4. The standard InChI is InChI=1S/C51H34N2/c1-3-12-33(13-4-1)34-24-26-37(27-25-34)52(38-28-29-40-39-18-7-8-23-46(39)53(48(40)32-38)36-16-5-2-6-17-36)47-31-30-45-50-41(47)19-11-22-44(50)51(45)42-20-9-14-35-15-10-21-43(51)49(35)42/h1-32,42,49H. The molecule has 7 aromatic carbocycles. The Labute approximate surface area is 308 Å². The Morgan fingerprint density at radius 1 is 0.528 bits per heavy atom. The summed E-state index contributed by atoms with van der Waals surface area (Å²) in [7, 11) is 0. The van der Waals surface area contributed by atoms with Gasteiger partial charge in [0.1, 0.15) is 0 Å². The fourth-order valence-electron chi connectivity index (χ4n) is 10.3. The van der Waals surface area contributed by atoms with Gasteiger partial charge in [0, 0.05) is 45.1 Å². The monoisotopic (exact) mass is 674 g/mol. The molecule has 4 aliphatic rings. The fraction of sp³-hybridized carbons (Fsp3) is 0.0588. The van der Waals surface area contributed by atoms with Gasteiger partial charge in [-0.3, -0.25) is 0 Å². The predicted octanol–water partition coefficient (Wildman–Crippen LogP) is 12.9. The third-order valence-corrected chi connectivity index (χ3v) is 12.5. The van der Waals surface area contributed by atoms with E-state index in [9.17, 15) is 0 Å². The minimum absolute atomic E-state index is 0.0312. The van der Waals surface area contributed by atoms with Crippen LogP contribution in [0.3, 0.4) is 0 Å². The maximum Gasteiger partial charge on any atom is 0.0561 e. The molecule has 1 spiro atoms. The van der Waals surface area contributed by atoms with Crippen LogP contribution in [-0.4, -0.2) is 4.57 Å². The lowest BCUT2D eigenvalue weighted by Gasteiger charge is -2.64. The molecule has 3 atom stereocenters. The number of fused-ring (bicyclic) bond motifs is 7. The van der Waals surface area contributed by atoms with E-state index in [2.05, 4.69) is 204 Å². The van der Waals surface area contributed by atoms with Gasteiger partial charge in [0.25, 0.3) is 0 Å². The molecule has 248 valence electrons. The Balaban J connectivity index is 1.08. The molecular formula is C51H34N2. The maximum absolute atomic E-state index is 2.47. The first kappa shape index (κ1) is 29.0. The van der Waals surface area contributed by atoms with Crippen molar-refractivity contribution in [2.45, 2.75) is 5.41 Å². The number of nitrogens with zero attached hydrogens (tertiary/aromatic N) is 2. The normalized spacial score (nSPS) is 20.2. The molecule has 0 radical (unpaired) electrons. The van der Waals surface area contributed by atoms with Crippen molar-refractivity contribution in [1.82, 2.24) is 4.57 Å². The molecule has 1 fully saturated rings. The van der Waals surface area contributed by atoms with Gasteiger partial charge in [-0.15, -0.1) is 0 Å². The van der Waals surface area contributed by atoms with Crippen molar-refractivity contribution in [3.63, 3.8) is 0 Å². The van der Waals surface area contributed by atoms with E-state index in [0.29, 0.717) is 11.8 Å². The van der Waals surface area contributed by atoms with Crippen LogP contribution in [0.4, 0.5) is 17.1 Å². The summed E-state index contributed by atoms with van der Waals surface area (Å²) >= 11 is 0. The molecule has 1 heterocycles. The maximum atomic E-state index is 2.47. The SMILES string of the molecule is C1=CC2=CC=CC3C2C(=C1)C31c2cccc3c(N(c4ccc(-c5ccccc5)cc4)c4ccc5c6ccccc6n(-c6ccccc6)c5c4)ccc1c23. The van der Waals surface area contributed by atoms with E-state index in [0.717, 1.165) is 17.1 Å². The zero-order valence-electron chi connectivity index (χ0n) is 29.0. The van der Waals surface area contributed by atoms with Crippen molar-refractivity contribution in [3.05, 3.63) is 216 Å². The van der Waals surface area contributed by atoms with Crippen molar-refractivity contribution in [2.24, 2.45) is 11.8 Å². The number of aromatic nitrogens is 1. The van der Waals surface area contributed by atoms with Gasteiger partial charge in [0.2, 0.25) is 0 Å².